The number of fused-ring (bicyclic) bond motifs is 1. The van der Waals surface area contributed by atoms with Crippen molar-refractivity contribution in [3.63, 3.8) is 0 Å². The summed E-state index contributed by atoms with van der Waals surface area (Å²) in [6.45, 7) is 3.27. The van der Waals surface area contributed by atoms with Gasteiger partial charge in [-0.1, -0.05) is 24.3 Å². The SMILES string of the molecule is Cc1c(C)c(C(=O)NCCNC(=O)c2cc(-c3ccccn3)nc3ccccc23)c(C)c([N+](=O)[O-])c1OS(=O)(=O)C(F)(F)F. The van der Waals surface area contributed by atoms with Crippen LogP contribution in [0.3, 0.4) is 0 Å². The first-order valence-electron chi connectivity index (χ1n) is 12.8. The van der Waals surface area contributed by atoms with Crippen molar-refractivity contribution in [2.45, 2.75) is 26.3 Å². The maximum atomic E-state index is 13.2. The average molecular weight is 632 g/mol. The van der Waals surface area contributed by atoms with Crippen molar-refractivity contribution in [1.82, 2.24) is 20.6 Å². The number of nitro benzene ring substituents is 1. The van der Waals surface area contributed by atoms with Gasteiger partial charge in [0.25, 0.3) is 11.8 Å². The first kappa shape index (κ1) is 31.8. The van der Waals surface area contributed by atoms with Crippen LogP contribution in [-0.2, 0) is 10.1 Å². The van der Waals surface area contributed by atoms with Gasteiger partial charge >= 0.3 is 21.3 Å². The molecule has 0 aliphatic rings. The molecule has 0 saturated carbocycles. The summed E-state index contributed by atoms with van der Waals surface area (Å²) >= 11 is 0. The van der Waals surface area contributed by atoms with Crippen LogP contribution in [0.15, 0.2) is 54.7 Å². The van der Waals surface area contributed by atoms with Crippen LogP contribution in [0.5, 0.6) is 5.75 Å². The fourth-order valence-electron chi connectivity index (χ4n) is 4.47. The fraction of sp³-hybridized carbons (Fsp3) is 0.214. The number of pyridine rings is 2. The highest BCUT2D eigenvalue weighted by molar-refractivity contribution is 7.88. The molecule has 0 spiro atoms. The van der Waals surface area contributed by atoms with Crippen molar-refractivity contribution in [1.29, 1.82) is 0 Å². The van der Waals surface area contributed by atoms with E-state index in [1.807, 2.05) is 0 Å². The molecule has 0 aliphatic carbocycles. The Balaban J connectivity index is 1.53. The van der Waals surface area contributed by atoms with Crippen LogP contribution in [0.25, 0.3) is 22.3 Å². The summed E-state index contributed by atoms with van der Waals surface area (Å²) in [5.41, 5.74) is -6.07. The van der Waals surface area contributed by atoms with Crippen LogP contribution < -0.4 is 14.8 Å². The van der Waals surface area contributed by atoms with Crippen LogP contribution in [0.2, 0.25) is 0 Å². The number of aromatic nitrogens is 2. The molecule has 2 heterocycles. The number of nitrogens with one attached hydrogen (secondary N) is 2. The maximum absolute atomic E-state index is 13.2. The first-order chi connectivity index (χ1) is 20.6. The van der Waals surface area contributed by atoms with Crippen molar-refractivity contribution in [2.24, 2.45) is 0 Å². The molecule has 12 nitrogen and oxygen atoms in total. The third-order valence-electron chi connectivity index (χ3n) is 6.69. The molecule has 16 heteroatoms. The Bertz CT molecular complexity index is 1900. The molecule has 4 rings (SSSR count). The molecule has 44 heavy (non-hydrogen) atoms. The van der Waals surface area contributed by atoms with E-state index < -0.39 is 49.4 Å². The van der Waals surface area contributed by atoms with E-state index in [1.54, 1.807) is 54.7 Å². The van der Waals surface area contributed by atoms with Gasteiger partial charge in [0, 0.05) is 35.8 Å². The molecule has 2 aromatic carbocycles. The Morgan fingerprint density at radius 2 is 1.57 bits per heavy atom. The van der Waals surface area contributed by atoms with E-state index in [-0.39, 0.29) is 29.8 Å². The van der Waals surface area contributed by atoms with E-state index in [9.17, 15) is 41.3 Å². The number of amides is 2. The van der Waals surface area contributed by atoms with E-state index in [1.165, 1.54) is 6.92 Å². The number of alkyl halides is 3. The Kier molecular flexibility index (Phi) is 8.85. The number of carbonyl (C=O) groups excluding carboxylic acids is 2. The zero-order chi connectivity index (χ0) is 32.4. The van der Waals surface area contributed by atoms with Crippen molar-refractivity contribution < 1.29 is 40.3 Å². The maximum Gasteiger partial charge on any atom is 0.534 e. The minimum Gasteiger partial charge on any atom is -0.368 e. The van der Waals surface area contributed by atoms with Crippen molar-refractivity contribution in [3.8, 4) is 17.1 Å². The number of carbonyl (C=O) groups is 2. The average Bonchev–Trinajstić information content (AvgIpc) is 2.97. The summed E-state index contributed by atoms with van der Waals surface area (Å²) in [5, 5.41) is 17.5. The Morgan fingerprint density at radius 3 is 2.18 bits per heavy atom. The summed E-state index contributed by atoms with van der Waals surface area (Å²) in [5.74, 6) is -2.44. The Hall–Kier alpha value is -5.12. The van der Waals surface area contributed by atoms with Gasteiger partial charge in [0.15, 0.2) is 0 Å². The zero-order valence-corrected chi connectivity index (χ0v) is 24.2. The Labute approximate surface area is 248 Å². The summed E-state index contributed by atoms with van der Waals surface area (Å²) in [6.07, 6.45) is 1.60. The fourth-order valence-corrected chi connectivity index (χ4v) is 4.99. The second kappa shape index (κ2) is 12.2. The van der Waals surface area contributed by atoms with E-state index in [0.717, 1.165) is 13.8 Å². The molecule has 0 unspecified atom stereocenters. The van der Waals surface area contributed by atoms with Gasteiger partial charge in [-0.15, -0.1) is 0 Å². The molecule has 2 amide bonds. The molecule has 230 valence electrons. The van der Waals surface area contributed by atoms with Crippen LogP contribution in [0.4, 0.5) is 18.9 Å². The third kappa shape index (κ3) is 6.29. The standard InChI is InChI=1S/C28H24F3N5O7S/c1-15-16(2)25(43-44(41,42)28(29,30)31)24(36(39)40)17(3)23(15)27(38)34-13-12-33-26(37)19-14-22(21-10-6-7-11-32-21)35-20-9-5-4-8-18(19)20/h4-11,14H,12-13H2,1-3H3,(H,33,37)(H,34,38). The van der Waals surface area contributed by atoms with E-state index >= 15 is 0 Å². The van der Waals surface area contributed by atoms with E-state index in [0.29, 0.717) is 27.9 Å². The van der Waals surface area contributed by atoms with Crippen LogP contribution in [0, 0.1) is 30.9 Å². The monoisotopic (exact) mass is 631 g/mol. The number of hydrogen-bond acceptors (Lipinski definition) is 9. The smallest absolute Gasteiger partial charge is 0.368 e. The predicted molar refractivity (Wildman–Crippen MR) is 153 cm³/mol. The van der Waals surface area contributed by atoms with Gasteiger partial charge in [-0.05, 0) is 50.6 Å². The molecule has 0 saturated heterocycles. The number of benzene rings is 2. The Morgan fingerprint density at radius 1 is 0.932 bits per heavy atom. The molecular weight excluding hydrogens is 607 g/mol. The number of halogens is 3. The summed E-state index contributed by atoms with van der Waals surface area (Å²) in [4.78, 5) is 45.7. The molecular formula is C28H24F3N5O7S. The van der Waals surface area contributed by atoms with Gasteiger partial charge in [-0.25, -0.2) is 4.98 Å². The minimum atomic E-state index is -6.23. The molecule has 4 aromatic rings. The highest BCUT2D eigenvalue weighted by Gasteiger charge is 2.50. The number of rotatable bonds is 9. The highest BCUT2D eigenvalue weighted by Crippen LogP contribution is 2.41. The number of hydrogen-bond donors (Lipinski definition) is 2. The lowest BCUT2D eigenvalue weighted by Gasteiger charge is -2.18. The number of nitro groups is 1. The van der Waals surface area contributed by atoms with Gasteiger partial charge in [-0.2, -0.15) is 21.6 Å². The molecule has 0 bridgehead atoms. The second-order valence-corrected chi connectivity index (χ2v) is 11.0. The third-order valence-corrected chi connectivity index (χ3v) is 7.65. The van der Waals surface area contributed by atoms with Gasteiger partial charge < -0.3 is 14.8 Å². The van der Waals surface area contributed by atoms with E-state index in [2.05, 4.69) is 24.8 Å². The minimum absolute atomic E-state index is 0.0349. The van der Waals surface area contributed by atoms with Crippen molar-refractivity contribution in [3.05, 3.63) is 92.7 Å². The normalized spacial score (nSPS) is 11.7. The number of para-hydroxylation sites is 1. The lowest BCUT2D eigenvalue weighted by Crippen LogP contribution is -2.35. The van der Waals surface area contributed by atoms with Crippen LogP contribution in [0.1, 0.15) is 37.4 Å². The van der Waals surface area contributed by atoms with Crippen molar-refractivity contribution in [2.75, 3.05) is 13.1 Å². The number of nitrogens with zero attached hydrogens (tertiary/aromatic N) is 3. The van der Waals surface area contributed by atoms with Gasteiger partial charge in [0.05, 0.1) is 33.0 Å². The molecule has 0 fully saturated rings. The van der Waals surface area contributed by atoms with Gasteiger partial charge in [0.1, 0.15) is 0 Å². The van der Waals surface area contributed by atoms with Crippen LogP contribution >= 0.6 is 0 Å². The molecule has 0 radical (unpaired) electrons. The lowest BCUT2D eigenvalue weighted by molar-refractivity contribution is -0.386. The van der Waals surface area contributed by atoms with Gasteiger partial charge in [0.2, 0.25) is 5.75 Å². The molecule has 0 aliphatic heterocycles. The predicted octanol–water partition coefficient (Wildman–Crippen LogP) is 4.52. The summed E-state index contributed by atoms with van der Waals surface area (Å²) < 4.78 is 66.1. The van der Waals surface area contributed by atoms with Crippen molar-refractivity contribution >= 4 is 38.5 Å². The highest BCUT2D eigenvalue weighted by atomic mass is 32.2. The topological polar surface area (TPSA) is 170 Å². The summed E-state index contributed by atoms with van der Waals surface area (Å²) in [6, 6.07) is 13.9. The largest absolute Gasteiger partial charge is 0.534 e. The zero-order valence-electron chi connectivity index (χ0n) is 23.4. The van der Waals surface area contributed by atoms with Crippen LogP contribution in [-0.4, -0.2) is 53.7 Å². The molecule has 2 N–H and O–H groups in total. The molecule has 0 atom stereocenters. The van der Waals surface area contributed by atoms with Gasteiger partial charge in [-0.3, -0.25) is 24.7 Å². The first-order valence-corrected chi connectivity index (χ1v) is 14.2. The quantitative estimate of drug-likeness (QED) is 0.0886. The second-order valence-electron chi connectivity index (χ2n) is 9.47. The van der Waals surface area contributed by atoms with E-state index in [4.69, 9.17) is 0 Å². The summed E-state index contributed by atoms with van der Waals surface area (Å²) in [7, 11) is -6.23. The lowest BCUT2D eigenvalue weighted by atomic mass is 9.95. The molecule has 2 aromatic heterocycles.